The minimum atomic E-state index is -4.81. The Morgan fingerprint density at radius 2 is 1.89 bits per heavy atom. The van der Waals surface area contributed by atoms with Gasteiger partial charge in [-0.1, -0.05) is 11.6 Å². The van der Waals surface area contributed by atoms with Crippen LogP contribution < -0.4 is 10.5 Å². The lowest BCUT2D eigenvalue weighted by Crippen LogP contribution is -2.30. The zero-order chi connectivity index (χ0) is 14.0. The number of benzene rings is 1. The normalized spacial score (nSPS) is 12.1. The van der Waals surface area contributed by atoms with Crippen molar-refractivity contribution in [1.82, 2.24) is 4.72 Å². The monoisotopic (exact) mass is 338 g/mol. The Kier molecular flexibility index (Phi) is 6.56. The Balaban J connectivity index is 0.00000324. The average molecular weight is 339 g/mol. The van der Waals surface area contributed by atoms with E-state index in [1.54, 1.807) is 0 Å². The molecule has 0 bridgehead atoms. The summed E-state index contributed by atoms with van der Waals surface area (Å²) >= 11 is 5.44. The van der Waals surface area contributed by atoms with Crippen LogP contribution in [0.25, 0.3) is 0 Å². The second-order valence-corrected chi connectivity index (χ2v) is 5.50. The molecule has 1 rings (SSSR count). The second-order valence-electron chi connectivity index (χ2n) is 3.32. The Labute approximate surface area is 119 Å². The zero-order valence-electron chi connectivity index (χ0n) is 9.37. The van der Waals surface area contributed by atoms with Crippen LogP contribution in [0.4, 0.5) is 13.2 Å². The Morgan fingerprint density at radius 1 is 1.32 bits per heavy atom. The van der Waals surface area contributed by atoms with E-state index in [0.717, 1.165) is 12.1 Å². The molecule has 0 aliphatic carbocycles. The molecule has 0 spiro atoms. The van der Waals surface area contributed by atoms with E-state index in [1.807, 2.05) is 4.72 Å². The molecule has 0 aliphatic rings. The molecule has 0 aliphatic heterocycles. The summed E-state index contributed by atoms with van der Waals surface area (Å²) in [6, 6.07) is 2.45. The fourth-order valence-corrected chi connectivity index (χ4v) is 2.65. The second kappa shape index (κ2) is 6.76. The molecule has 3 N–H and O–H groups in total. The first kappa shape index (κ1) is 18.5. The van der Waals surface area contributed by atoms with Gasteiger partial charge >= 0.3 is 6.18 Å². The molecule has 1 aromatic carbocycles. The first-order valence-electron chi connectivity index (χ1n) is 4.75. The van der Waals surface area contributed by atoms with Crippen LogP contribution in [0.2, 0.25) is 5.02 Å². The van der Waals surface area contributed by atoms with Gasteiger partial charge in [-0.15, -0.1) is 12.4 Å². The van der Waals surface area contributed by atoms with Crippen molar-refractivity contribution in [3.05, 3.63) is 28.8 Å². The number of nitrogens with two attached hydrogens (primary N) is 1. The van der Waals surface area contributed by atoms with E-state index >= 15 is 0 Å². The van der Waals surface area contributed by atoms with E-state index in [4.69, 9.17) is 17.3 Å². The predicted molar refractivity (Wildman–Crippen MR) is 67.9 cm³/mol. The number of hydrogen-bond acceptors (Lipinski definition) is 3. The summed E-state index contributed by atoms with van der Waals surface area (Å²) in [6.07, 6.45) is -4.81. The van der Waals surface area contributed by atoms with E-state index < -0.39 is 26.7 Å². The van der Waals surface area contributed by atoms with Crippen LogP contribution >= 0.6 is 24.0 Å². The van der Waals surface area contributed by atoms with Gasteiger partial charge < -0.3 is 5.73 Å². The molecule has 0 aromatic heterocycles. The third-order valence-corrected chi connectivity index (χ3v) is 3.73. The van der Waals surface area contributed by atoms with Crippen LogP contribution in [-0.2, 0) is 16.2 Å². The molecule has 0 fully saturated rings. The fraction of sp³-hybridized carbons (Fsp3) is 0.333. The molecule has 0 saturated carbocycles. The lowest BCUT2D eigenvalue weighted by atomic mass is 10.2. The minimum absolute atomic E-state index is 0. The first-order valence-corrected chi connectivity index (χ1v) is 6.61. The molecule has 0 unspecified atom stereocenters. The van der Waals surface area contributed by atoms with Crippen molar-refractivity contribution >= 4 is 34.0 Å². The van der Waals surface area contributed by atoms with Gasteiger partial charge in [0, 0.05) is 18.1 Å². The lowest BCUT2D eigenvalue weighted by molar-refractivity contribution is -0.139. The van der Waals surface area contributed by atoms with Gasteiger partial charge in [0.25, 0.3) is 0 Å². The van der Waals surface area contributed by atoms with Gasteiger partial charge in [-0.2, -0.15) is 13.2 Å². The Bertz CT molecular complexity index is 535. The van der Waals surface area contributed by atoms with Crippen molar-refractivity contribution in [1.29, 1.82) is 0 Å². The third kappa shape index (κ3) is 4.81. The summed E-state index contributed by atoms with van der Waals surface area (Å²) in [7, 11) is -4.26. The number of rotatable bonds is 4. The van der Waals surface area contributed by atoms with Crippen molar-refractivity contribution in [3.8, 4) is 0 Å². The number of nitrogens with one attached hydrogen (secondary N) is 1. The first-order chi connectivity index (χ1) is 8.18. The molecular formula is C9H11Cl2F3N2O2S. The highest BCUT2D eigenvalue weighted by atomic mass is 35.5. The minimum Gasteiger partial charge on any atom is -0.329 e. The van der Waals surface area contributed by atoms with E-state index in [0.29, 0.717) is 6.07 Å². The number of hydrogen-bond donors (Lipinski definition) is 2. The van der Waals surface area contributed by atoms with Gasteiger partial charge in [0.15, 0.2) is 0 Å². The smallest absolute Gasteiger partial charge is 0.329 e. The quantitative estimate of drug-likeness (QED) is 0.882. The van der Waals surface area contributed by atoms with Crippen LogP contribution in [0, 0.1) is 0 Å². The van der Waals surface area contributed by atoms with Gasteiger partial charge in [-0.05, 0) is 18.2 Å². The third-order valence-electron chi connectivity index (χ3n) is 1.97. The zero-order valence-corrected chi connectivity index (χ0v) is 11.8. The molecule has 0 amide bonds. The molecular weight excluding hydrogens is 328 g/mol. The predicted octanol–water partition coefficient (Wildman–Crippen LogP) is 2.02. The molecule has 0 heterocycles. The number of halogens is 5. The average Bonchev–Trinajstić information content (AvgIpc) is 2.25. The van der Waals surface area contributed by atoms with E-state index in [9.17, 15) is 21.6 Å². The molecule has 0 radical (unpaired) electrons. The molecule has 0 saturated heterocycles. The molecule has 110 valence electrons. The maximum Gasteiger partial charge on any atom is 0.417 e. The van der Waals surface area contributed by atoms with Gasteiger partial charge in [-0.3, -0.25) is 0 Å². The van der Waals surface area contributed by atoms with Crippen molar-refractivity contribution in [3.63, 3.8) is 0 Å². The lowest BCUT2D eigenvalue weighted by Gasteiger charge is -2.13. The van der Waals surface area contributed by atoms with Crippen molar-refractivity contribution in [2.45, 2.75) is 11.1 Å². The summed E-state index contributed by atoms with van der Waals surface area (Å²) in [5.41, 5.74) is 3.79. The Morgan fingerprint density at radius 3 is 2.37 bits per heavy atom. The van der Waals surface area contributed by atoms with E-state index in [-0.39, 0.29) is 30.5 Å². The molecule has 19 heavy (non-hydrogen) atoms. The largest absolute Gasteiger partial charge is 0.417 e. The van der Waals surface area contributed by atoms with Gasteiger partial charge in [0.1, 0.15) is 0 Å². The van der Waals surface area contributed by atoms with Gasteiger partial charge in [-0.25, -0.2) is 13.1 Å². The molecule has 4 nitrogen and oxygen atoms in total. The molecule has 10 heteroatoms. The summed E-state index contributed by atoms with van der Waals surface area (Å²) < 4.78 is 63.4. The van der Waals surface area contributed by atoms with E-state index in [2.05, 4.69) is 0 Å². The highest BCUT2D eigenvalue weighted by Crippen LogP contribution is 2.35. The number of sulfonamides is 1. The molecule has 0 atom stereocenters. The molecule has 1 aromatic rings. The van der Waals surface area contributed by atoms with Crippen LogP contribution in [0.5, 0.6) is 0 Å². The number of alkyl halides is 3. The summed E-state index contributed by atoms with van der Waals surface area (Å²) in [4.78, 5) is -0.868. The van der Waals surface area contributed by atoms with Gasteiger partial charge in [0.05, 0.1) is 10.5 Å². The van der Waals surface area contributed by atoms with Crippen molar-refractivity contribution < 1.29 is 21.6 Å². The maximum absolute atomic E-state index is 12.7. The van der Waals surface area contributed by atoms with Gasteiger partial charge in [0.2, 0.25) is 10.0 Å². The van der Waals surface area contributed by atoms with Crippen LogP contribution in [0.3, 0.4) is 0 Å². The SMILES string of the molecule is Cl.NCCNS(=O)(=O)c1ccc(Cl)cc1C(F)(F)F. The van der Waals surface area contributed by atoms with Crippen molar-refractivity contribution in [2.24, 2.45) is 5.73 Å². The van der Waals surface area contributed by atoms with Crippen LogP contribution in [0.15, 0.2) is 23.1 Å². The standard InChI is InChI=1S/C9H10ClF3N2O2S.ClH/c10-6-1-2-8(7(5-6)9(11,12)13)18(16,17)15-4-3-14;/h1-2,5,15H,3-4,14H2;1H. The van der Waals surface area contributed by atoms with E-state index in [1.165, 1.54) is 0 Å². The Hall–Kier alpha value is -0.540. The van der Waals surface area contributed by atoms with Crippen molar-refractivity contribution in [2.75, 3.05) is 13.1 Å². The topological polar surface area (TPSA) is 72.2 Å². The van der Waals surface area contributed by atoms with Crippen LogP contribution in [-0.4, -0.2) is 21.5 Å². The van der Waals surface area contributed by atoms with Crippen LogP contribution in [0.1, 0.15) is 5.56 Å². The summed E-state index contributed by atoms with van der Waals surface area (Å²) in [6.45, 7) is -0.170. The summed E-state index contributed by atoms with van der Waals surface area (Å²) in [5.74, 6) is 0. The highest BCUT2D eigenvalue weighted by Gasteiger charge is 2.37. The summed E-state index contributed by atoms with van der Waals surface area (Å²) in [5, 5.41) is -0.194. The maximum atomic E-state index is 12.7. The highest BCUT2D eigenvalue weighted by molar-refractivity contribution is 7.89. The fourth-order valence-electron chi connectivity index (χ4n) is 1.23.